The normalized spacial score (nSPS) is 17.2. The molecular formula is C17H19N7O. The molecule has 1 aliphatic heterocycles. The summed E-state index contributed by atoms with van der Waals surface area (Å²) < 4.78 is 3.37. The van der Waals surface area contributed by atoms with Gasteiger partial charge >= 0.3 is 0 Å². The molecule has 0 unspecified atom stereocenters. The van der Waals surface area contributed by atoms with Crippen LogP contribution in [0.3, 0.4) is 0 Å². The van der Waals surface area contributed by atoms with Crippen LogP contribution in [0.15, 0.2) is 43.0 Å². The van der Waals surface area contributed by atoms with E-state index in [1.165, 1.54) is 0 Å². The maximum absolute atomic E-state index is 12.8. The fourth-order valence-electron chi connectivity index (χ4n) is 3.35. The van der Waals surface area contributed by atoms with Crippen LogP contribution in [0, 0.1) is 0 Å². The predicted molar refractivity (Wildman–Crippen MR) is 89.8 cm³/mol. The van der Waals surface area contributed by atoms with Gasteiger partial charge in [0, 0.05) is 25.4 Å². The van der Waals surface area contributed by atoms with Gasteiger partial charge in [-0.3, -0.25) is 9.48 Å². The van der Waals surface area contributed by atoms with Crippen molar-refractivity contribution in [2.75, 3.05) is 6.54 Å². The van der Waals surface area contributed by atoms with Crippen molar-refractivity contribution in [3.05, 3.63) is 54.1 Å². The van der Waals surface area contributed by atoms with Crippen LogP contribution in [0.4, 0.5) is 0 Å². The van der Waals surface area contributed by atoms with Gasteiger partial charge < -0.3 is 4.90 Å². The van der Waals surface area contributed by atoms with Crippen LogP contribution in [-0.2, 0) is 18.3 Å². The van der Waals surface area contributed by atoms with E-state index in [1.807, 2.05) is 48.6 Å². The van der Waals surface area contributed by atoms with E-state index in [-0.39, 0.29) is 11.9 Å². The minimum atomic E-state index is 0.140. The number of carbonyl (C=O) groups is 1. The van der Waals surface area contributed by atoms with Crippen LogP contribution in [0.1, 0.15) is 30.0 Å². The molecule has 1 atom stereocenters. The zero-order valence-electron chi connectivity index (χ0n) is 14.0. The van der Waals surface area contributed by atoms with E-state index in [2.05, 4.69) is 20.6 Å². The largest absolute Gasteiger partial charge is 0.335 e. The molecule has 0 saturated carbocycles. The first-order chi connectivity index (χ1) is 12.2. The maximum Gasteiger partial charge on any atom is 0.227 e. The molecule has 3 heterocycles. The lowest BCUT2D eigenvalue weighted by Crippen LogP contribution is -2.31. The second-order valence-corrected chi connectivity index (χ2v) is 6.29. The molecule has 4 rings (SSSR count). The molecule has 0 spiro atoms. The molecule has 0 aliphatic carbocycles. The molecule has 8 heteroatoms. The van der Waals surface area contributed by atoms with Gasteiger partial charge in [0.15, 0.2) is 0 Å². The van der Waals surface area contributed by atoms with Crippen molar-refractivity contribution < 1.29 is 4.79 Å². The molecule has 128 valence electrons. The van der Waals surface area contributed by atoms with E-state index in [1.54, 1.807) is 15.7 Å². The van der Waals surface area contributed by atoms with E-state index in [0.717, 1.165) is 36.2 Å². The lowest BCUT2D eigenvalue weighted by Gasteiger charge is -2.24. The Kier molecular flexibility index (Phi) is 4.01. The molecule has 0 bridgehead atoms. The molecule has 2 aromatic heterocycles. The van der Waals surface area contributed by atoms with Gasteiger partial charge in [0.25, 0.3) is 0 Å². The zero-order chi connectivity index (χ0) is 17.2. The van der Waals surface area contributed by atoms with Gasteiger partial charge in [-0.2, -0.15) is 5.10 Å². The van der Waals surface area contributed by atoms with Crippen LogP contribution in [0.25, 0.3) is 5.69 Å². The third kappa shape index (κ3) is 3.15. The molecule has 0 radical (unpaired) electrons. The van der Waals surface area contributed by atoms with Gasteiger partial charge in [-0.05, 0) is 41.0 Å². The second-order valence-electron chi connectivity index (χ2n) is 6.29. The third-order valence-electron chi connectivity index (χ3n) is 4.59. The number of amides is 1. The summed E-state index contributed by atoms with van der Waals surface area (Å²) >= 11 is 0. The lowest BCUT2D eigenvalue weighted by molar-refractivity contribution is -0.131. The van der Waals surface area contributed by atoms with Crippen molar-refractivity contribution >= 4 is 5.91 Å². The van der Waals surface area contributed by atoms with E-state index in [0.29, 0.717) is 6.42 Å². The van der Waals surface area contributed by atoms with Crippen molar-refractivity contribution in [1.82, 2.24) is 34.9 Å². The van der Waals surface area contributed by atoms with Crippen molar-refractivity contribution in [3.63, 3.8) is 0 Å². The number of tetrazole rings is 1. The van der Waals surface area contributed by atoms with Crippen LogP contribution in [0.2, 0.25) is 0 Å². The Morgan fingerprint density at radius 1 is 1.28 bits per heavy atom. The summed E-state index contributed by atoms with van der Waals surface area (Å²) in [5.41, 5.74) is 2.97. The summed E-state index contributed by atoms with van der Waals surface area (Å²) in [6, 6.07) is 7.87. The van der Waals surface area contributed by atoms with Gasteiger partial charge in [0.05, 0.1) is 24.3 Å². The number of aryl methyl sites for hydroxylation is 1. The first-order valence-corrected chi connectivity index (χ1v) is 8.31. The quantitative estimate of drug-likeness (QED) is 0.717. The zero-order valence-corrected chi connectivity index (χ0v) is 14.0. The van der Waals surface area contributed by atoms with E-state index in [4.69, 9.17) is 0 Å². The standard InChI is InChI=1S/C17H19N7O/c1-22-11-14(10-19-22)16-3-2-8-23(16)17(25)9-13-4-6-15(7-5-13)24-12-18-20-21-24/h4-7,10-12,16H,2-3,8-9H2,1H3/t16-/m0/s1. The number of rotatable bonds is 4. The van der Waals surface area contributed by atoms with Crippen LogP contribution in [0.5, 0.6) is 0 Å². The minimum absolute atomic E-state index is 0.140. The molecular weight excluding hydrogens is 318 g/mol. The molecule has 1 fully saturated rings. The van der Waals surface area contributed by atoms with Gasteiger partial charge in [-0.15, -0.1) is 5.10 Å². The van der Waals surface area contributed by atoms with Gasteiger partial charge in [0.1, 0.15) is 6.33 Å². The van der Waals surface area contributed by atoms with Crippen molar-refractivity contribution in [3.8, 4) is 5.69 Å². The molecule has 0 N–H and O–H groups in total. The first-order valence-electron chi connectivity index (χ1n) is 8.31. The van der Waals surface area contributed by atoms with Crippen LogP contribution in [-0.4, -0.2) is 47.3 Å². The molecule has 1 amide bonds. The monoisotopic (exact) mass is 337 g/mol. The Morgan fingerprint density at radius 2 is 2.12 bits per heavy atom. The number of benzene rings is 1. The minimum Gasteiger partial charge on any atom is -0.335 e. The highest BCUT2D eigenvalue weighted by atomic mass is 16.2. The molecule has 1 aliphatic rings. The lowest BCUT2D eigenvalue weighted by atomic mass is 10.1. The highest BCUT2D eigenvalue weighted by Gasteiger charge is 2.30. The van der Waals surface area contributed by atoms with Crippen LogP contribution < -0.4 is 0 Å². The van der Waals surface area contributed by atoms with E-state index < -0.39 is 0 Å². The highest BCUT2D eigenvalue weighted by molar-refractivity contribution is 5.79. The molecule has 8 nitrogen and oxygen atoms in total. The maximum atomic E-state index is 12.8. The molecule has 25 heavy (non-hydrogen) atoms. The summed E-state index contributed by atoms with van der Waals surface area (Å²) in [4.78, 5) is 14.8. The molecule has 3 aromatic rings. The fourth-order valence-corrected chi connectivity index (χ4v) is 3.35. The Labute approximate surface area is 145 Å². The second kappa shape index (κ2) is 6.46. The fraction of sp³-hybridized carbons (Fsp3) is 0.353. The number of nitrogens with zero attached hydrogens (tertiary/aromatic N) is 7. The summed E-state index contributed by atoms with van der Waals surface area (Å²) in [5.74, 6) is 0.154. The van der Waals surface area contributed by atoms with Crippen LogP contribution >= 0.6 is 0 Å². The Morgan fingerprint density at radius 3 is 2.80 bits per heavy atom. The number of likely N-dealkylation sites (tertiary alicyclic amines) is 1. The summed E-state index contributed by atoms with van der Waals surface area (Å²) in [6.45, 7) is 0.807. The number of aromatic nitrogens is 6. The Hall–Kier alpha value is -3.03. The molecule has 1 saturated heterocycles. The van der Waals surface area contributed by atoms with Gasteiger partial charge in [-0.25, -0.2) is 4.68 Å². The van der Waals surface area contributed by atoms with Gasteiger partial charge in [-0.1, -0.05) is 12.1 Å². The SMILES string of the molecule is Cn1cc([C@@H]2CCCN2C(=O)Cc2ccc(-n3cnnn3)cc2)cn1. The van der Waals surface area contributed by atoms with E-state index >= 15 is 0 Å². The molecule has 1 aromatic carbocycles. The Bertz CT molecular complexity index is 854. The Balaban J connectivity index is 1.46. The van der Waals surface area contributed by atoms with E-state index in [9.17, 15) is 4.79 Å². The highest BCUT2D eigenvalue weighted by Crippen LogP contribution is 2.32. The number of hydrogen-bond acceptors (Lipinski definition) is 5. The number of carbonyl (C=O) groups excluding carboxylic acids is 1. The summed E-state index contributed by atoms with van der Waals surface area (Å²) in [6.07, 6.45) is 7.82. The average Bonchev–Trinajstić information content (AvgIpc) is 3.36. The smallest absolute Gasteiger partial charge is 0.227 e. The number of hydrogen-bond donors (Lipinski definition) is 0. The van der Waals surface area contributed by atoms with Crippen molar-refractivity contribution in [2.24, 2.45) is 7.05 Å². The first kappa shape index (κ1) is 15.5. The van der Waals surface area contributed by atoms with Crippen molar-refractivity contribution in [1.29, 1.82) is 0 Å². The summed E-state index contributed by atoms with van der Waals surface area (Å²) in [5, 5.41) is 15.3. The van der Waals surface area contributed by atoms with Crippen molar-refractivity contribution in [2.45, 2.75) is 25.3 Å². The summed E-state index contributed by atoms with van der Waals surface area (Å²) in [7, 11) is 1.90. The average molecular weight is 337 g/mol. The third-order valence-corrected chi connectivity index (χ3v) is 4.59. The predicted octanol–water partition coefficient (Wildman–Crippen LogP) is 1.30. The topological polar surface area (TPSA) is 81.7 Å². The van der Waals surface area contributed by atoms with Gasteiger partial charge in [0.2, 0.25) is 5.91 Å².